The molecule has 0 atom stereocenters. The van der Waals surface area contributed by atoms with Crippen molar-refractivity contribution in [3.05, 3.63) is 0 Å². The number of likely N-dealkylation sites (N-methyl/N-ethyl adjacent to an activating group) is 1. The number of nitrogens with one attached hydrogen (secondary N) is 2. The Morgan fingerprint density at radius 1 is 0.864 bits per heavy atom. The molecular weight excluding hydrogens is 294 g/mol. The highest BCUT2D eigenvalue weighted by Crippen LogP contribution is 1.95. The van der Waals surface area contributed by atoms with Crippen LogP contribution in [0, 0.1) is 0 Å². The lowest BCUT2D eigenvalue weighted by atomic mass is 10.3. The molecule has 0 aliphatic rings. The topological polar surface area (TPSA) is 137 Å². The minimum atomic E-state index is -0.587. The van der Waals surface area contributed by atoms with E-state index in [4.69, 9.17) is 15.2 Å². The van der Waals surface area contributed by atoms with Gasteiger partial charge in [0.25, 0.3) is 0 Å². The highest BCUT2D eigenvalue weighted by Gasteiger charge is 2.09. The fraction of sp³-hybridized carbons (Fsp3) is 0.692. The Morgan fingerprint density at radius 3 is 1.91 bits per heavy atom. The van der Waals surface area contributed by atoms with Gasteiger partial charge in [-0.15, -0.1) is 0 Å². The van der Waals surface area contributed by atoms with Gasteiger partial charge in [0.1, 0.15) is 13.2 Å². The summed E-state index contributed by atoms with van der Waals surface area (Å²) in [7, 11) is 1.77. The van der Waals surface area contributed by atoms with Gasteiger partial charge in [0.2, 0.25) is 11.8 Å². The summed E-state index contributed by atoms with van der Waals surface area (Å²) in [4.78, 5) is 44.2. The van der Waals surface area contributed by atoms with E-state index in [0.717, 1.165) is 0 Å². The van der Waals surface area contributed by atoms with Crippen LogP contribution in [0.25, 0.3) is 0 Å². The van der Waals surface area contributed by atoms with Crippen LogP contribution in [0.15, 0.2) is 0 Å². The highest BCUT2D eigenvalue weighted by molar-refractivity contribution is 5.81. The summed E-state index contributed by atoms with van der Waals surface area (Å²) in [6.45, 7) is 0.948. The van der Waals surface area contributed by atoms with Crippen molar-refractivity contribution in [2.45, 2.75) is 25.7 Å². The van der Waals surface area contributed by atoms with E-state index in [1.165, 1.54) is 0 Å². The number of carbonyl (C=O) groups is 4. The molecule has 0 radical (unpaired) electrons. The fourth-order valence-corrected chi connectivity index (χ4v) is 1.31. The number of carbonyl (C=O) groups excluding carboxylic acids is 4. The molecule has 4 N–H and O–H groups in total. The Bertz CT molecular complexity index is 386. The van der Waals surface area contributed by atoms with E-state index < -0.39 is 17.8 Å². The first-order chi connectivity index (χ1) is 10.5. The van der Waals surface area contributed by atoms with Gasteiger partial charge in [0.05, 0.1) is 12.8 Å². The van der Waals surface area contributed by atoms with E-state index in [-0.39, 0.29) is 44.8 Å². The quantitative estimate of drug-likeness (QED) is 0.293. The van der Waals surface area contributed by atoms with Gasteiger partial charge in [-0.2, -0.15) is 0 Å². The van der Waals surface area contributed by atoms with Gasteiger partial charge < -0.3 is 25.8 Å². The third-order valence-corrected chi connectivity index (χ3v) is 2.44. The molecule has 0 aliphatic carbocycles. The third kappa shape index (κ3) is 12.9. The molecule has 9 nitrogen and oxygen atoms in total. The first-order valence-electron chi connectivity index (χ1n) is 6.96. The monoisotopic (exact) mass is 317 g/mol. The van der Waals surface area contributed by atoms with Crippen LogP contribution in [0.4, 0.5) is 0 Å². The molecular formula is C13H23N3O6. The van der Waals surface area contributed by atoms with Crippen LogP contribution in [0.2, 0.25) is 0 Å². The number of esters is 2. The van der Waals surface area contributed by atoms with Crippen LogP contribution in [-0.4, -0.2) is 57.1 Å². The van der Waals surface area contributed by atoms with E-state index in [2.05, 4.69) is 10.6 Å². The Labute approximate surface area is 128 Å². The molecule has 0 aliphatic heterocycles. The second kappa shape index (κ2) is 12.6. The van der Waals surface area contributed by atoms with E-state index in [1.54, 1.807) is 7.05 Å². The van der Waals surface area contributed by atoms with Crippen molar-refractivity contribution in [2.24, 2.45) is 5.73 Å². The van der Waals surface area contributed by atoms with Gasteiger partial charge >= 0.3 is 11.9 Å². The van der Waals surface area contributed by atoms with E-state index in [9.17, 15) is 19.2 Å². The average Bonchev–Trinajstić information content (AvgIpc) is 2.47. The van der Waals surface area contributed by atoms with Crippen LogP contribution in [0.1, 0.15) is 25.7 Å². The van der Waals surface area contributed by atoms with E-state index in [1.807, 2.05) is 0 Å². The normalized spacial score (nSPS) is 9.86. The predicted molar refractivity (Wildman–Crippen MR) is 76.5 cm³/mol. The van der Waals surface area contributed by atoms with Gasteiger partial charge in [-0.25, -0.2) is 0 Å². The van der Waals surface area contributed by atoms with Gasteiger partial charge in [-0.3, -0.25) is 19.2 Å². The number of hydrogen-bond acceptors (Lipinski definition) is 7. The van der Waals surface area contributed by atoms with Crippen LogP contribution in [0.5, 0.6) is 0 Å². The van der Waals surface area contributed by atoms with Gasteiger partial charge in [-0.1, -0.05) is 0 Å². The van der Waals surface area contributed by atoms with Gasteiger partial charge in [-0.05, 0) is 7.05 Å². The Kier molecular flexibility index (Phi) is 11.3. The lowest BCUT2D eigenvalue weighted by Gasteiger charge is -2.07. The predicted octanol–water partition coefficient (Wildman–Crippen LogP) is -1.55. The summed E-state index contributed by atoms with van der Waals surface area (Å²) in [5, 5.41) is 5.50. The zero-order valence-corrected chi connectivity index (χ0v) is 12.7. The fourth-order valence-electron chi connectivity index (χ4n) is 1.31. The van der Waals surface area contributed by atoms with Crippen molar-refractivity contribution in [3.8, 4) is 0 Å². The maximum Gasteiger partial charge on any atom is 0.306 e. The maximum absolute atomic E-state index is 11.3. The molecule has 9 heteroatoms. The molecule has 0 aromatic rings. The summed E-state index contributed by atoms with van der Waals surface area (Å²) in [5.41, 5.74) is 4.88. The Morgan fingerprint density at radius 2 is 1.41 bits per heavy atom. The molecule has 0 rings (SSSR count). The molecule has 0 spiro atoms. The van der Waals surface area contributed by atoms with Gasteiger partial charge in [0.15, 0.2) is 0 Å². The molecule has 0 unspecified atom stereocenters. The van der Waals surface area contributed by atoms with Crippen molar-refractivity contribution in [1.82, 2.24) is 10.6 Å². The van der Waals surface area contributed by atoms with Crippen LogP contribution in [-0.2, 0) is 28.7 Å². The largest absolute Gasteiger partial charge is 0.462 e. The molecule has 0 bridgehead atoms. The molecule has 22 heavy (non-hydrogen) atoms. The number of nitrogens with two attached hydrogens (primary N) is 1. The number of hydrogen-bond donors (Lipinski definition) is 3. The van der Waals surface area contributed by atoms with Crippen molar-refractivity contribution in [1.29, 1.82) is 0 Å². The second-order valence-electron chi connectivity index (χ2n) is 4.36. The Balaban J connectivity index is 3.55. The molecule has 2 amide bonds. The van der Waals surface area contributed by atoms with Gasteiger partial charge in [0, 0.05) is 25.9 Å². The Hall–Kier alpha value is -2.16. The number of rotatable bonds is 12. The second-order valence-corrected chi connectivity index (χ2v) is 4.36. The van der Waals surface area contributed by atoms with Crippen molar-refractivity contribution >= 4 is 23.8 Å². The number of amides is 2. The van der Waals surface area contributed by atoms with Crippen molar-refractivity contribution in [3.63, 3.8) is 0 Å². The van der Waals surface area contributed by atoms with Crippen LogP contribution >= 0.6 is 0 Å². The highest BCUT2D eigenvalue weighted by atomic mass is 16.6. The minimum absolute atomic E-state index is 0.0407. The van der Waals surface area contributed by atoms with Crippen LogP contribution in [0.3, 0.4) is 0 Å². The molecule has 0 saturated heterocycles. The van der Waals surface area contributed by atoms with E-state index >= 15 is 0 Å². The molecule has 0 aromatic heterocycles. The summed E-state index contributed by atoms with van der Waals surface area (Å²) in [6, 6.07) is 0. The molecule has 0 saturated carbocycles. The smallest absolute Gasteiger partial charge is 0.306 e. The molecule has 0 fully saturated rings. The number of primary amides is 1. The van der Waals surface area contributed by atoms with Crippen molar-refractivity contribution < 1.29 is 28.7 Å². The first-order valence-corrected chi connectivity index (χ1v) is 6.96. The summed E-state index contributed by atoms with van der Waals surface area (Å²) >= 11 is 0. The molecule has 0 heterocycles. The van der Waals surface area contributed by atoms with Crippen LogP contribution < -0.4 is 16.4 Å². The lowest BCUT2D eigenvalue weighted by molar-refractivity contribution is -0.152. The summed E-state index contributed by atoms with van der Waals surface area (Å²) in [5.74, 6) is -1.95. The molecule has 126 valence electrons. The zero-order chi connectivity index (χ0) is 16.8. The van der Waals surface area contributed by atoms with Crippen molar-refractivity contribution in [2.75, 3.05) is 33.4 Å². The summed E-state index contributed by atoms with van der Waals surface area (Å²) in [6.07, 6.45) is -0.181. The average molecular weight is 317 g/mol. The molecule has 0 aromatic carbocycles. The maximum atomic E-state index is 11.3. The third-order valence-electron chi connectivity index (χ3n) is 2.44. The minimum Gasteiger partial charge on any atom is -0.462 e. The zero-order valence-electron chi connectivity index (χ0n) is 12.7. The summed E-state index contributed by atoms with van der Waals surface area (Å²) < 4.78 is 9.52. The SMILES string of the molecule is CNCCNC(=O)CCC(=O)OCCOC(=O)CCC(N)=O. The van der Waals surface area contributed by atoms with E-state index in [0.29, 0.717) is 13.1 Å². The number of ether oxygens (including phenoxy) is 2. The standard InChI is InChI=1S/C13H23N3O6/c1-15-6-7-16-11(18)3-5-13(20)22-9-8-21-12(19)4-2-10(14)17/h15H,2-9H2,1H3,(H2,14,17)(H,16,18). The first kappa shape index (κ1) is 19.8. The lowest BCUT2D eigenvalue weighted by Crippen LogP contribution is -2.30.